The van der Waals surface area contributed by atoms with Crippen LogP contribution in [-0.4, -0.2) is 12.5 Å². The molecule has 80 valence electrons. The minimum Gasteiger partial charge on any atom is -0.398 e. The summed E-state index contributed by atoms with van der Waals surface area (Å²) in [5.41, 5.74) is 6.83. The van der Waals surface area contributed by atoms with Crippen molar-refractivity contribution in [1.29, 1.82) is 0 Å². The minimum absolute atomic E-state index is 0.0628. The monoisotopic (exact) mass is 204 g/mol. The van der Waals surface area contributed by atoms with Gasteiger partial charge in [-0.1, -0.05) is 19.1 Å². The van der Waals surface area contributed by atoms with E-state index in [1.54, 1.807) is 12.1 Å². The number of nitrogens with two attached hydrogens (primary N) is 1. The van der Waals surface area contributed by atoms with Crippen molar-refractivity contribution in [2.24, 2.45) is 11.8 Å². The summed E-state index contributed by atoms with van der Waals surface area (Å²) in [6.45, 7) is 2.97. The largest absolute Gasteiger partial charge is 0.398 e. The molecule has 1 amide bonds. The summed E-state index contributed by atoms with van der Waals surface area (Å²) < 4.78 is 0. The topological polar surface area (TPSA) is 55.1 Å². The van der Waals surface area contributed by atoms with Crippen molar-refractivity contribution in [3.63, 3.8) is 0 Å². The molecular formula is C12H16N2O. The van der Waals surface area contributed by atoms with Gasteiger partial charge in [0.05, 0.1) is 5.56 Å². The Morgan fingerprint density at radius 2 is 2.20 bits per heavy atom. The highest BCUT2D eigenvalue weighted by Crippen LogP contribution is 2.36. The van der Waals surface area contributed by atoms with E-state index >= 15 is 0 Å². The molecule has 15 heavy (non-hydrogen) atoms. The number of nitrogen functional groups attached to an aromatic ring is 1. The van der Waals surface area contributed by atoms with Gasteiger partial charge in [0.25, 0.3) is 5.91 Å². The van der Waals surface area contributed by atoms with Gasteiger partial charge in [-0.3, -0.25) is 4.79 Å². The number of benzene rings is 1. The zero-order chi connectivity index (χ0) is 10.8. The van der Waals surface area contributed by atoms with Crippen LogP contribution in [0.3, 0.4) is 0 Å². The molecule has 0 saturated heterocycles. The van der Waals surface area contributed by atoms with Crippen molar-refractivity contribution in [2.45, 2.75) is 13.3 Å². The third kappa shape index (κ3) is 2.29. The molecule has 1 aliphatic rings. The fourth-order valence-corrected chi connectivity index (χ4v) is 1.71. The fraction of sp³-hybridized carbons (Fsp3) is 0.417. The molecule has 1 fully saturated rings. The lowest BCUT2D eigenvalue weighted by Gasteiger charge is -2.06. The van der Waals surface area contributed by atoms with Crippen LogP contribution < -0.4 is 11.1 Å². The number of carbonyl (C=O) groups excluding carboxylic acids is 1. The number of para-hydroxylation sites is 1. The van der Waals surface area contributed by atoms with Crippen LogP contribution in [0.5, 0.6) is 0 Å². The van der Waals surface area contributed by atoms with Gasteiger partial charge < -0.3 is 11.1 Å². The van der Waals surface area contributed by atoms with Crippen LogP contribution in [0.25, 0.3) is 0 Å². The Labute approximate surface area is 89.7 Å². The maximum absolute atomic E-state index is 11.7. The van der Waals surface area contributed by atoms with Crippen LogP contribution in [0, 0.1) is 11.8 Å². The van der Waals surface area contributed by atoms with Gasteiger partial charge in [0.15, 0.2) is 0 Å². The smallest absolute Gasteiger partial charge is 0.253 e. The molecule has 2 rings (SSSR count). The molecule has 1 saturated carbocycles. The molecule has 3 N–H and O–H groups in total. The summed E-state index contributed by atoms with van der Waals surface area (Å²) in [5.74, 6) is 1.37. The van der Waals surface area contributed by atoms with Gasteiger partial charge in [-0.15, -0.1) is 0 Å². The first-order chi connectivity index (χ1) is 7.18. The van der Waals surface area contributed by atoms with Crippen LogP contribution in [0.1, 0.15) is 23.7 Å². The molecule has 3 nitrogen and oxygen atoms in total. The number of amides is 1. The summed E-state index contributed by atoms with van der Waals surface area (Å²) in [6.07, 6.45) is 1.23. The lowest BCUT2D eigenvalue weighted by Crippen LogP contribution is -2.26. The minimum atomic E-state index is -0.0628. The number of carbonyl (C=O) groups is 1. The molecule has 2 unspecified atom stereocenters. The van der Waals surface area contributed by atoms with E-state index in [1.807, 2.05) is 12.1 Å². The normalized spacial score (nSPS) is 23.5. The van der Waals surface area contributed by atoms with E-state index in [2.05, 4.69) is 12.2 Å². The predicted molar refractivity (Wildman–Crippen MR) is 60.5 cm³/mol. The number of nitrogens with one attached hydrogen (secondary N) is 1. The van der Waals surface area contributed by atoms with Crippen molar-refractivity contribution in [2.75, 3.05) is 12.3 Å². The molecular weight excluding hydrogens is 188 g/mol. The van der Waals surface area contributed by atoms with Crippen LogP contribution in [0.15, 0.2) is 24.3 Å². The van der Waals surface area contributed by atoms with Gasteiger partial charge in [0.1, 0.15) is 0 Å². The maximum atomic E-state index is 11.7. The van der Waals surface area contributed by atoms with Gasteiger partial charge in [0.2, 0.25) is 0 Å². The van der Waals surface area contributed by atoms with Gasteiger partial charge in [0, 0.05) is 12.2 Å². The lowest BCUT2D eigenvalue weighted by atomic mass is 10.1. The third-order valence-corrected chi connectivity index (χ3v) is 3.01. The molecule has 0 heterocycles. The molecule has 0 radical (unpaired) electrons. The molecule has 0 aliphatic heterocycles. The molecule has 0 bridgehead atoms. The van der Waals surface area contributed by atoms with E-state index in [1.165, 1.54) is 6.42 Å². The van der Waals surface area contributed by atoms with E-state index < -0.39 is 0 Å². The molecule has 1 aliphatic carbocycles. The van der Waals surface area contributed by atoms with Crippen LogP contribution in [0.2, 0.25) is 0 Å². The molecule has 1 aromatic rings. The Morgan fingerprint density at radius 3 is 2.80 bits per heavy atom. The molecule has 2 atom stereocenters. The van der Waals surface area contributed by atoms with Crippen molar-refractivity contribution in [3.05, 3.63) is 29.8 Å². The fourth-order valence-electron chi connectivity index (χ4n) is 1.71. The van der Waals surface area contributed by atoms with Crippen LogP contribution in [0.4, 0.5) is 5.69 Å². The van der Waals surface area contributed by atoms with Crippen LogP contribution in [-0.2, 0) is 0 Å². The SMILES string of the molecule is CC1CC1CNC(=O)c1ccccc1N. The predicted octanol–water partition coefficient (Wildman–Crippen LogP) is 1.65. The highest BCUT2D eigenvalue weighted by Gasteiger charge is 2.32. The van der Waals surface area contributed by atoms with E-state index in [0.29, 0.717) is 17.2 Å². The number of hydrogen-bond donors (Lipinski definition) is 2. The number of hydrogen-bond acceptors (Lipinski definition) is 2. The van der Waals surface area contributed by atoms with E-state index in [-0.39, 0.29) is 5.91 Å². The number of anilines is 1. The third-order valence-electron chi connectivity index (χ3n) is 3.01. The highest BCUT2D eigenvalue weighted by atomic mass is 16.1. The quantitative estimate of drug-likeness (QED) is 0.736. The lowest BCUT2D eigenvalue weighted by molar-refractivity contribution is 0.0952. The first-order valence-corrected chi connectivity index (χ1v) is 5.31. The van der Waals surface area contributed by atoms with Crippen molar-refractivity contribution >= 4 is 11.6 Å². The molecule has 0 aromatic heterocycles. The Balaban J connectivity index is 1.93. The van der Waals surface area contributed by atoms with Gasteiger partial charge >= 0.3 is 0 Å². The van der Waals surface area contributed by atoms with Crippen molar-refractivity contribution in [3.8, 4) is 0 Å². The summed E-state index contributed by atoms with van der Waals surface area (Å²) in [6, 6.07) is 7.15. The van der Waals surface area contributed by atoms with Crippen molar-refractivity contribution < 1.29 is 4.79 Å². The Hall–Kier alpha value is -1.51. The summed E-state index contributed by atoms with van der Waals surface area (Å²) >= 11 is 0. The highest BCUT2D eigenvalue weighted by molar-refractivity contribution is 5.99. The second kappa shape index (κ2) is 3.93. The standard InChI is InChI=1S/C12H16N2O/c1-8-6-9(8)7-14-12(15)10-4-2-3-5-11(10)13/h2-5,8-9H,6-7,13H2,1H3,(H,14,15). The maximum Gasteiger partial charge on any atom is 0.253 e. The van der Waals surface area contributed by atoms with E-state index in [0.717, 1.165) is 12.5 Å². The van der Waals surface area contributed by atoms with Gasteiger partial charge in [-0.05, 0) is 30.4 Å². The zero-order valence-electron chi connectivity index (χ0n) is 8.86. The van der Waals surface area contributed by atoms with Crippen molar-refractivity contribution in [1.82, 2.24) is 5.32 Å². The second-order valence-corrected chi connectivity index (χ2v) is 4.27. The first-order valence-electron chi connectivity index (χ1n) is 5.31. The Bertz CT molecular complexity index is 376. The second-order valence-electron chi connectivity index (χ2n) is 4.27. The van der Waals surface area contributed by atoms with E-state index in [9.17, 15) is 4.79 Å². The van der Waals surface area contributed by atoms with Gasteiger partial charge in [-0.25, -0.2) is 0 Å². The summed E-state index contributed by atoms with van der Waals surface area (Å²) in [4.78, 5) is 11.7. The average Bonchev–Trinajstić information content (AvgIpc) is 2.92. The number of rotatable bonds is 3. The summed E-state index contributed by atoms with van der Waals surface area (Å²) in [5, 5.41) is 2.91. The van der Waals surface area contributed by atoms with Gasteiger partial charge in [-0.2, -0.15) is 0 Å². The summed E-state index contributed by atoms with van der Waals surface area (Å²) in [7, 11) is 0. The first kappa shape index (κ1) is 10.0. The molecule has 0 spiro atoms. The average molecular weight is 204 g/mol. The molecule has 1 aromatic carbocycles. The van der Waals surface area contributed by atoms with E-state index in [4.69, 9.17) is 5.73 Å². The van der Waals surface area contributed by atoms with Crippen LogP contribution >= 0.6 is 0 Å². The Kier molecular flexibility index (Phi) is 2.62. The molecule has 3 heteroatoms. The Morgan fingerprint density at radius 1 is 1.53 bits per heavy atom. The zero-order valence-corrected chi connectivity index (χ0v) is 8.86.